The summed E-state index contributed by atoms with van der Waals surface area (Å²) in [4.78, 5) is 14.8. The smallest absolute Gasteiger partial charge is 0.327 e. The molecule has 0 bridgehead atoms. The van der Waals surface area contributed by atoms with Crippen LogP contribution in [0.15, 0.2) is 0 Å². The summed E-state index contributed by atoms with van der Waals surface area (Å²) in [6, 6.07) is 1.11. The van der Waals surface area contributed by atoms with Crippen molar-refractivity contribution in [3.05, 3.63) is 0 Å². The van der Waals surface area contributed by atoms with Crippen molar-refractivity contribution in [2.24, 2.45) is 5.92 Å². The van der Waals surface area contributed by atoms with Gasteiger partial charge in [-0.1, -0.05) is 6.92 Å². The number of esters is 1. The molecule has 0 aromatic rings. The molecule has 0 heterocycles. The summed E-state index contributed by atoms with van der Waals surface area (Å²) < 4.78 is 5.31. The van der Waals surface area contributed by atoms with Crippen molar-refractivity contribution in [1.82, 2.24) is 10.2 Å². The number of carbonyl (C=O) groups is 1. The zero-order valence-electron chi connectivity index (χ0n) is 14.2. The van der Waals surface area contributed by atoms with Crippen LogP contribution in [0, 0.1) is 5.92 Å². The van der Waals surface area contributed by atoms with Gasteiger partial charge in [0.1, 0.15) is 5.54 Å². The van der Waals surface area contributed by atoms with Gasteiger partial charge >= 0.3 is 5.97 Å². The zero-order chi connectivity index (χ0) is 15.5. The van der Waals surface area contributed by atoms with Crippen LogP contribution in [0.1, 0.15) is 59.3 Å². The van der Waals surface area contributed by atoms with Crippen molar-refractivity contribution in [1.29, 1.82) is 0 Å². The average molecular weight is 296 g/mol. The minimum atomic E-state index is -0.574. The van der Waals surface area contributed by atoms with Gasteiger partial charge in [0.2, 0.25) is 0 Å². The number of nitrogens with one attached hydrogen (secondary N) is 1. The largest absolute Gasteiger partial charge is 0.465 e. The van der Waals surface area contributed by atoms with Crippen molar-refractivity contribution in [2.45, 2.75) is 76.9 Å². The summed E-state index contributed by atoms with van der Waals surface area (Å²) in [5.74, 6) is 0.753. The Kier molecular flexibility index (Phi) is 5.67. The molecular weight excluding hydrogens is 264 g/mol. The first kappa shape index (κ1) is 16.8. The van der Waals surface area contributed by atoms with Crippen molar-refractivity contribution < 1.29 is 9.53 Å². The fraction of sp³-hybridized carbons (Fsp3) is 0.941. The van der Waals surface area contributed by atoms with Gasteiger partial charge in [-0.05, 0) is 65.3 Å². The van der Waals surface area contributed by atoms with Crippen molar-refractivity contribution in [3.8, 4) is 0 Å². The molecule has 0 radical (unpaired) electrons. The van der Waals surface area contributed by atoms with Gasteiger partial charge in [0.05, 0.1) is 6.61 Å². The van der Waals surface area contributed by atoms with Crippen LogP contribution in [0.3, 0.4) is 0 Å². The van der Waals surface area contributed by atoms with Crippen LogP contribution >= 0.6 is 0 Å². The molecule has 2 aliphatic rings. The molecule has 2 aliphatic carbocycles. The topological polar surface area (TPSA) is 41.6 Å². The van der Waals surface area contributed by atoms with Crippen LogP contribution in [0.25, 0.3) is 0 Å². The van der Waals surface area contributed by atoms with Crippen LogP contribution in [0.5, 0.6) is 0 Å². The number of ether oxygens (including phenoxy) is 1. The summed E-state index contributed by atoms with van der Waals surface area (Å²) in [6.07, 6.45) is 7.47. The van der Waals surface area contributed by atoms with E-state index in [4.69, 9.17) is 4.74 Å². The fourth-order valence-corrected chi connectivity index (χ4v) is 3.45. The summed E-state index contributed by atoms with van der Waals surface area (Å²) in [7, 11) is 2.16. The van der Waals surface area contributed by atoms with Crippen molar-refractivity contribution >= 4 is 5.97 Å². The van der Waals surface area contributed by atoms with Gasteiger partial charge in [0, 0.05) is 18.6 Å². The Labute approximate surface area is 129 Å². The third-order valence-electron chi connectivity index (χ3n) is 5.00. The van der Waals surface area contributed by atoms with Gasteiger partial charge in [0.25, 0.3) is 0 Å². The predicted octanol–water partition coefficient (Wildman–Crippen LogP) is 2.57. The lowest BCUT2D eigenvalue weighted by molar-refractivity contribution is -0.151. The van der Waals surface area contributed by atoms with Crippen molar-refractivity contribution in [3.63, 3.8) is 0 Å². The maximum Gasteiger partial charge on any atom is 0.327 e. The molecular formula is C17H32N2O2. The molecule has 0 saturated heterocycles. The summed E-state index contributed by atoms with van der Waals surface area (Å²) >= 11 is 0. The van der Waals surface area contributed by atoms with E-state index in [9.17, 15) is 4.79 Å². The second kappa shape index (κ2) is 7.10. The SMILES string of the molecule is CCOC(=O)C(C)(CN(C)C1CCC(C)CC1)NC1CC1. The minimum Gasteiger partial charge on any atom is -0.465 e. The third-order valence-corrected chi connectivity index (χ3v) is 5.00. The Morgan fingerprint density at radius 1 is 1.24 bits per heavy atom. The first-order valence-corrected chi connectivity index (χ1v) is 8.59. The fourth-order valence-electron chi connectivity index (χ4n) is 3.45. The van der Waals surface area contributed by atoms with Gasteiger partial charge in [-0.2, -0.15) is 0 Å². The molecule has 0 aromatic heterocycles. The van der Waals surface area contributed by atoms with E-state index in [1.165, 1.54) is 38.5 Å². The summed E-state index contributed by atoms with van der Waals surface area (Å²) in [6.45, 7) is 7.41. The normalized spacial score (nSPS) is 29.2. The van der Waals surface area contributed by atoms with Gasteiger partial charge < -0.3 is 9.64 Å². The highest BCUT2D eigenvalue weighted by molar-refractivity contribution is 5.80. The predicted molar refractivity (Wildman–Crippen MR) is 85.2 cm³/mol. The monoisotopic (exact) mass is 296 g/mol. The van der Waals surface area contributed by atoms with E-state index in [0.29, 0.717) is 18.7 Å². The minimum absolute atomic E-state index is 0.104. The Morgan fingerprint density at radius 2 is 1.86 bits per heavy atom. The maximum atomic E-state index is 12.4. The van der Waals surface area contributed by atoms with E-state index in [2.05, 4.69) is 24.2 Å². The quantitative estimate of drug-likeness (QED) is 0.733. The molecule has 0 amide bonds. The van der Waals surface area contributed by atoms with Crippen LogP contribution < -0.4 is 5.32 Å². The lowest BCUT2D eigenvalue weighted by Gasteiger charge is -2.39. The molecule has 0 spiro atoms. The number of carbonyl (C=O) groups excluding carboxylic acids is 1. The average Bonchev–Trinajstić information content (AvgIpc) is 3.23. The standard InChI is InChI=1S/C17H32N2O2/c1-5-21-16(20)17(3,18-14-8-9-14)12-19(4)15-10-6-13(2)7-11-15/h13-15,18H,5-12H2,1-4H3. The molecule has 1 unspecified atom stereocenters. The Balaban J connectivity index is 1.94. The van der Waals surface area contributed by atoms with Gasteiger partial charge in [-0.25, -0.2) is 0 Å². The van der Waals surface area contributed by atoms with E-state index in [0.717, 1.165) is 12.5 Å². The molecule has 0 aliphatic heterocycles. The lowest BCUT2D eigenvalue weighted by Crippen LogP contribution is -2.59. The molecule has 4 nitrogen and oxygen atoms in total. The molecule has 1 N–H and O–H groups in total. The van der Waals surface area contributed by atoms with E-state index in [-0.39, 0.29) is 5.97 Å². The number of nitrogens with zero attached hydrogens (tertiary/aromatic N) is 1. The van der Waals surface area contributed by atoms with Crippen molar-refractivity contribution in [2.75, 3.05) is 20.2 Å². The van der Waals surface area contributed by atoms with Crippen LogP contribution in [-0.4, -0.2) is 48.7 Å². The maximum absolute atomic E-state index is 12.4. The third kappa shape index (κ3) is 4.68. The highest BCUT2D eigenvalue weighted by Gasteiger charge is 2.41. The van der Waals surface area contributed by atoms with Crippen LogP contribution in [0.2, 0.25) is 0 Å². The summed E-state index contributed by atoms with van der Waals surface area (Å²) in [5, 5.41) is 3.51. The molecule has 2 saturated carbocycles. The van der Waals surface area contributed by atoms with Crippen LogP contribution in [0.4, 0.5) is 0 Å². The van der Waals surface area contributed by atoms with E-state index >= 15 is 0 Å². The number of rotatable bonds is 7. The Morgan fingerprint density at radius 3 is 2.38 bits per heavy atom. The molecule has 1 atom stereocenters. The summed E-state index contributed by atoms with van der Waals surface area (Å²) in [5.41, 5.74) is -0.574. The first-order valence-electron chi connectivity index (χ1n) is 8.59. The Hall–Kier alpha value is -0.610. The molecule has 0 aromatic carbocycles. The highest BCUT2D eigenvalue weighted by Crippen LogP contribution is 2.28. The number of likely N-dealkylation sites (N-methyl/N-ethyl adjacent to an activating group) is 1. The molecule has 4 heteroatoms. The molecule has 2 fully saturated rings. The van der Waals surface area contributed by atoms with E-state index in [1.54, 1.807) is 0 Å². The van der Waals surface area contributed by atoms with Gasteiger partial charge in [-0.3, -0.25) is 10.1 Å². The first-order chi connectivity index (χ1) is 9.94. The number of hydrogen-bond acceptors (Lipinski definition) is 4. The zero-order valence-corrected chi connectivity index (χ0v) is 14.2. The second-order valence-corrected chi connectivity index (χ2v) is 7.30. The van der Waals surface area contributed by atoms with E-state index in [1.807, 2.05) is 13.8 Å². The van der Waals surface area contributed by atoms with Crippen LogP contribution in [-0.2, 0) is 9.53 Å². The highest BCUT2D eigenvalue weighted by atomic mass is 16.5. The Bertz CT molecular complexity index is 349. The number of hydrogen-bond donors (Lipinski definition) is 1. The molecule has 21 heavy (non-hydrogen) atoms. The van der Waals surface area contributed by atoms with Gasteiger partial charge in [0.15, 0.2) is 0 Å². The van der Waals surface area contributed by atoms with Gasteiger partial charge in [-0.15, -0.1) is 0 Å². The molecule has 122 valence electrons. The lowest BCUT2D eigenvalue weighted by atomic mass is 9.86. The molecule has 2 rings (SSSR count). The second-order valence-electron chi connectivity index (χ2n) is 7.30. The van der Waals surface area contributed by atoms with E-state index < -0.39 is 5.54 Å².